The molecular formula is C18H27ClN2O. The molecule has 1 heterocycles. The van der Waals surface area contributed by atoms with Gasteiger partial charge < -0.3 is 10.6 Å². The Labute approximate surface area is 139 Å². The molecule has 1 fully saturated rings. The van der Waals surface area contributed by atoms with Crippen molar-refractivity contribution in [3.63, 3.8) is 0 Å². The van der Waals surface area contributed by atoms with Gasteiger partial charge in [0.05, 0.1) is 0 Å². The highest BCUT2D eigenvalue weighted by Gasteiger charge is 2.29. The van der Waals surface area contributed by atoms with Crippen molar-refractivity contribution in [3.05, 3.63) is 34.9 Å². The molecule has 0 saturated carbocycles. The maximum Gasteiger partial charge on any atom is 0.254 e. The van der Waals surface area contributed by atoms with E-state index in [4.69, 9.17) is 5.73 Å². The number of rotatable bonds is 2. The molecule has 1 aromatic rings. The molecule has 2 N–H and O–H groups in total. The van der Waals surface area contributed by atoms with Gasteiger partial charge in [-0.2, -0.15) is 0 Å². The first-order valence-electron chi connectivity index (χ1n) is 8.32. The van der Waals surface area contributed by atoms with Crippen molar-refractivity contribution in [2.24, 2.45) is 11.7 Å². The molecule has 2 unspecified atom stereocenters. The van der Waals surface area contributed by atoms with Gasteiger partial charge >= 0.3 is 0 Å². The minimum Gasteiger partial charge on any atom is -0.334 e. The molecule has 0 aromatic heterocycles. The number of benzene rings is 1. The zero-order valence-corrected chi connectivity index (χ0v) is 14.2. The number of nitrogens with zero attached hydrogens (tertiary/aromatic N) is 1. The molecule has 0 radical (unpaired) electrons. The highest BCUT2D eigenvalue weighted by molar-refractivity contribution is 5.94. The van der Waals surface area contributed by atoms with Gasteiger partial charge in [-0.25, -0.2) is 0 Å². The number of hydrogen-bond acceptors (Lipinski definition) is 2. The molecule has 122 valence electrons. The molecule has 1 aromatic carbocycles. The number of piperidine rings is 1. The van der Waals surface area contributed by atoms with Crippen LogP contribution in [0.25, 0.3) is 0 Å². The lowest BCUT2D eigenvalue weighted by Gasteiger charge is -2.38. The van der Waals surface area contributed by atoms with Gasteiger partial charge in [0.25, 0.3) is 5.91 Å². The number of fused-ring (bicyclic) bond motifs is 1. The number of aryl methyl sites for hydroxylation is 2. The number of carbonyl (C=O) groups is 1. The molecule has 4 heteroatoms. The summed E-state index contributed by atoms with van der Waals surface area (Å²) in [5, 5.41) is 0. The van der Waals surface area contributed by atoms with E-state index in [9.17, 15) is 4.79 Å². The van der Waals surface area contributed by atoms with E-state index < -0.39 is 0 Å². The predicted molar refractivity (Wildman–Crippen MR) is 92.6 cm³/mol. The van der Waals surface area contributed by atoms with Gasteiger partial charge in [-0.3, -0.25) is 4.79 Å². The Kier molecular flexibility index (Phi) is 5.87. The number of nitrogens with two attached hydrogens (primary N) is 1. The van der Waals surface area contributed by atoms with Crippen LogP contribution in [0.5, 0.6) is 0 Å². The number of hydrogen-bond donors (Lipinski definition) is 1. The van der Waals surface area contributed by atoms with E-state index in [0.29, 0.717) is 12.5 Å². The zero-order chi connectivity index (χ0) is 14.8. The van der Waals surface area contributed by atoms with Crippen LogP contribution in [0.15, 0.2) is 18.2 Å². The SMILES string of the molecule is CC1CCN(C(=O)c2ccc3c(c2)CCCC3)C(CN)C1.Cl. The maximum absolute atomic E-state index is 12.8. The average molecular weight is 323 g/mol. The second-order valence-corrected chi connectivity index (χ2v) is 6.71. The van der Waals surface area contributed by atoms with Crippen molar-refractivity contribution in [3.8, 4) is 0 Å². The van der Waals surface area contributed by atoms with Crippen molar-refractivity contribution in [1.29, 1.82) is 0 Å². The Morgan fingerprint density at radius 1 is 1.27 bits per heavy atom. The molecule has 2 atom stereocenters. The van der Waals surface area contributed by atoms with E-state index in [1.165, 1.54) is 24.0 Å². The molecule has 1 amide bonds. The molecule has 0 bridgehead atoms. The van der Waals surface area contributed by atoms with Crippen LogP contribution in [0.4, 0.5) is 0 Å². The van der Waals surface area contributed by atoms with Gasteiger partial charge in [0.15, 0.2) is 0 Å². The lowest BCUT2D eigenvalue weighted by molar-refractivity contribution is 0.0573. The quantitative estimate of drug-likeness (QED) is 0.909. The Balaban J connectivity index is 0.00000176. The van der Waals surface area contributed by atoms with Crippen molar-refractivity contribution in [1.82, 2.24) is 4.90 Å². The molecule has 1 saturated heterocycles. The summed E-state index contributed by atoms with van der Waals surface area (Å²) in [5.41, 5.74) is 9.55. The lowest BCUT2D eigenvalue weighted by Crippen LogP contribution is -2.49. The standard InChI is InChI=1S/C18H26N2O.ClH/c1-13-8-9-20(17(10-13)12-19)18(21)16-7-6-14-4-2-3-5-15(14)11-16;/h6-7,11,13,17H,2-5,8-10,12,19H2,1H3;1H. The van der Waals surface area contributed by atoms with Crippen molar-refractivity contribution >= 4 is 18.3 Å². The largest absolute Gasteiger partial charge is 0.334 e. The Hall–Kier alpha value is -1.06. The van der Waals surface area contributed by atoms with E-state index in [1.807, 2.05) is 11.0 Å². The number of likely N-dealkylation sites (tertiary alicyclic amines) is 1. The monoisotopic (exact) mass is 322 g/mol. The summed E-state index contributed by atoms with van der Waals surface area (Å²) in [6.45, 7) is 3.67. The van der Waals surface area contributed by atoms with Gasteiger partial charge in [0, 0.05) is 24.7 Å². The van der Waals surface area contributed by atoms with E-state index in [0.717, 1.165) is 37.8 Å². The summed E-state index contributed by atoms with van der Waals surface area (Å²) in [7, 11) is 0. The fourth-order valence-electron chi connectivity index (χ4n) is 3.77. The second kappa shape index (κ2) is 7.47. The minimum absolute atomic E-state index is 0. The van der Waals surface area contributed by atoms with Gasteiger partial charge in [-0.05, 0) is 67.7 Å². The summed E-state index contributed by atoms with van der Waals surface area (Å²) in [6.07, 6.45) is 6.93. The van der Waals surface area contributed by atoms with Gasteiger partial charge in [-0.1, -0.05) is 13.0 Å². The molecule has 3 nitrogen and oxygen atoms in total. The summed E-state index contributed by atoms with van der Waals surface area (Å²) < 4.78 is 0. The summed E-state index contributed by atoms with van der Waals surface area (Å²) in [6, 6.07) is 6.50. The minimum atomic E-state index is 0. The van der Waals surface area contributed by atoms with Crippen LogP contribution in [0.3, 0.4) is 0 Å². The highest BCUT2D eigenvalue weighted by atomic mass is 35.5. The number of carbonyl (C=O) groups excluding carboxylic acids is 1. The van der Waals surface area contributed by atoms with E-state index >= 15 is 0 Å². The van der Waals surface area contributed by atoms with Crippen LogP contribution in [0, 0.1) is 5.92 Å². The van der Waals surface area contributed by atoms with Crippen molar-refractivity contribution in [2.75, 3.05) is 13.1 Å². The first-order valence-corrected chi connectivity index (χ1v) is 8.32. The fraction of sp³-hybridized carbons (Fsp3) is 0.611. The second-order valence-electron chi connectivity index (χ2n) is 6.71. The smallest absolute Gasteiger partial charge is 0.254 e. The van der Waals surface area contributed by atoms with Crippen LogP contribution in [-0.4, -0.2) is 29.9 Å². The Morgan fingerprint density at radius 2 is 2.00 bits per heavy atom. The van der Waals surface area contributed by atoms with Crippen LogP contribution in [0.1, 0.15) is 54.1 Å². The normalized spacial score (nSPS) is 24.4. The summed E-state index contributed by atoms with van der Waals surface area (Å²) in [5.74, 6) is 0.844. The Morgan fingerprint density at radius 3 is 2.73 bits per heavy atom. The maximum atomic E-state index is 12.8. The number of halogens is 1. The summed E-state index contributed by atoms with van der Waals surface area (Å²) in [4.78, 5) is 14.8. The zero-order valence-electron chi connectivity index (χ0n) is 13.4. The Bertz CT molecular complexity index is 532. The third-order valence-electron chi connectivity index (χ3n) is 5.11. The number of amides is 1. The molecule has 0 spiro atoms. The van der Waals surface area contributed by atoms with Crippen LogP contribution >= 0.6 is 12.4 Å². The van der Waals surface area contributed by atoms with Crippen molar-refractivity contribution < 1.29 is 4.79 Å². The molecular weight excluding hydrogens is 296 g/mol. The predicted octanol–water partition coefficient (Wildman–Crippen LogP) is 3.19. The first kappa shape index (κ1) is 17.3. The fourth-order valence-corrected chi connectivity index (χ4v) is 3.77. The average Bonchev–Trinajstić information content (AvgIpc) is 2.53. The van der Waals surface area contributed by atoms with E-state index in [2.05, 4.69) is 19.1 Å². The van der Waals surface area contributed by atoms with Crippen LogP contribution in [-0.2, 0) is 12.8 Å². The topological polar surface area (TPSA) is 46.3 Å². The van der Waals surface area contributed by atoms with Crippen LogP contribution < -0.4 is 5.73 Å². The van der Waals surface area contributed by atoms with E-state index in [-0.39, 0.29) is 24.4 Å². The third kappa shape index (κ3) is 3.47. The van der Waals surface area contributed by atoms with Gasteiger partial charge in [0.1, 0.15) is 0 Å². The van der Waals surface area contributed by atoms with Gasteiger partial charge in [0.2, 0.25) is 0 Å². The molecule has 3 rings (SSSR count). The van der Waals surface area contributed by atoms with Crippen LogP contribution in [0.2, 0.25) is 0 Å². The summed E-state index contributed by atoms with van der Waals surface area (Å²) >= 11 is 0. The first-order chi connectivity index (χ1) is 10.2. The van der Waals surface area contributed by atoms with E-state index in [1.54, 1.807) is 0 Å². The van der Waals surface area contributed by atoms with Crippen molar-refractivity contribution in [2.45, 2.75) is 51.5 Å². The molecule has 1 aliphatic heterocycles. The molecule has 1 aliphatic carbocycles. The molecule has 22 heavy (non-hydrogen) atoms. The highest BCUT2D eigenvalue weighted by Crippen LogP contribution is 2.26. The van der Waals surface area contributed by atoms with Gasteiger partial charge in [-0.15, -0.1) is 12.4 Å². The molecule has 2 aliphatic rings. The third-order valence-corrected chi connectivity index (χ3v) is 5.11. The lowest BCUT2D eigenvalue weighted by atomic mass is 9.89.